The number of allylic oxidation sites excluding steroid dienone is 1. The predicted molar refractivity (Wildman–Crippen MR) is 113 cm³/mol. The van der Waals surface area contributed by atoms with Gasteiger partial charge in [-0.1, -0.05) is 50.8 Å². The highest BCUT2D eigenvalue weighted by Crippen LogP contribution is 2.70. The van der Waals surface area contributed by atoms with E-state index in [4.69, 9.17) is 4.74 Å². The van der Waals surface area contributed by atoms with Crippen molar-refractivity contribution in [3.05, 3.63) is 48.2 Å². The van der Waals surface area contributed by atoms with Crippen LogP contribution in [0.1, 0.15) is 70.3 Å². The van der Waals surface area contributed by atoms with Crippen molar-refractivity contribution < 1.29 is 4.74 Å². The molecule has 4 aliphatic carbocycles. The van der Waals surface area contributed by atoms with E-state index in [9.17, 15) is 0 Å². The van der Waals surface area contributed by atoms with Gasteiger partial charge >= 0.3 is 0 Å². The lowest BCUT2D eigenvalue weighted by atomic mass is 9.79. The molecule has 27 heavy (non-hydrogen) atoms. The van der Waals surface area contributed by atoms with Crippen molar-refractivity contribution in [1.29, 1.82) is 0 Å². The van der Waals surface area contributed by atoms with Crippen LogP contribution in [0.5, 0.6) is 0 Å². The molecule has 1 heteroatoms. The summed E-state index contributed by atoms with van der Waals surface area (Å²) in [7, 11) is 1.70. The maximum atomic E-state index is 5.20. The molecule has 0 amide bonds. The number of hydrogen-bond donors (Lipinski definition) is 0. The van der Waals surface area contributed by atoms with Gasteiger partial charge in [0.05, 0.1) is 12.9 Å². The smallest absolute Gasteiger partial charge is 0.0912 e. The number of methoxy groups -OCH3 is 1. The maximum Gasteiger partial charge on any atom is 0.0912 e. The largest absolute Gasteiger partial charge is 0.501 e. The summed E-state index contributed by atoms with van der Waals surface area (Å²) in [5.74, 6) is 9.27. The molecule has 0 aliphatic heterocycles. The van der Waals surface area contributed by atoms with Gasteiger partial charge in [-0.25, -0.2) is 0 Å². The van der Waals surface area contributed by atoms with Gasteiger partial charge in [0.2, 0.25) is 0 Å². The van der Waals surface area contributed by atoms with Gasteiger partial charge in [-0.05, 0) is 91.9 Å². The Hall–Kier alpha value is -1.24. The van der Waals surface area contributed by atoms with Crippen LogP contribution >= 0.6 is 0 Å². The van der Waals surface area contributed by atoms with Gasteiger partial charge in [-0.3, -0.25) is 0 Å². The number of hydrogen-bond acceptors (Lipinski definition) is 1. The lowest BCUT2D eigenvalue weighted by Gasteiger charge is -2.26. The average molecular weight is 367 g/mol. The fraction of sp³-hybridized carbons (Fsp3) is 0.692. The first-order valence-corrected chi connectivity index (χ1v) is 11.4. The molecule has 1 nitrogen and oxygen atoms in total. The molecule has 8 unspecified atom stereocenters. The molecule has 4 aliphatic rings. The van der Waals surface area contributed by atoms with Gasteiger partial charge in [0, 0.05) is 5.92 Å². The van der Waals surface area contributed by atoms with E-state index in [0.717, 1.165) is 18.6 Å². The van der Waals surface area contributed by atoms with Crippen molar-refractivity contribution in [1.82, 2.24) is 0 Å². The Kier molecular flexibility index (Phi) is 5.67. The molecular weight excluding hydrogens is 328 g/mol. The van der Waals surface area contributed by atoms with E-state index in [0.29, 0.717) is 11.8 Å². The van der Waals surface area contributed by atoms with Crippen LogP contribution in [-0.4, -0.2) is 7.11 Å². The van der Waals surface area contributed by atoms with Crippen LogP contribution in [0.25, 0.3) is 0 Å². The fourth-order valence-corrected chi connectivity index (χ4v) is 6.86. The topological polar surface area (TPSA) is 9.23 Å². The standard InChI is InChI=1S/C15H22O.C11H16/c1-5-14(11-12(2)13(3)16-4)15-9-7-6-8-10-15;1-2-7-3-6(1)9-4-8-5-10(8)11(7)9/h6-10,12,14H,3,5,11H2,1-2,4H3;6-11H,1-5H2. The minimum atomic E-state index is 0.412. The number of ether oxygens (including phenoxy) is 1. The van der Waals surface area contributed by atoms with E-state index >= 15 is 0 Å². The Morgan fingerprint density at radius 1 is 1.04 bits per heavy atom. The second-order valence-corrected chi connectivity index (χ2v) is 9.79. The van der Waals surface area contributed by atoms with Crippen LogP contribution < -0.4 is 0 Å². The Balaban J connectivity index is 0.000000140. The van der Waals surface area contributed by atoms with E-state index in [1.54, 1.807) is 39.2 Å². The molecule has 4 saturated carbocycles. The highest BCUT2D eigenvalue weighted by Gasteiger charge is 2.62. The molecule has 0 radical (unpaired) electrons. The quantitative estimate of drug-likeness (QED) is 0.490. The van der Waals surface area contributed by atoms with Crippen LogP contribution in [0.4, 0.5) is 0 Å². The molecule has 0 saturated heterocycles. The second kappa shape index (κ2) is 8.02. The van der Waals surface area contributed by atoms with Crippen molar-refractivity contribution in [2.24, 2.45) is 41.4 Å². The first-order valence-electron chi connectivity index (χ1n) is 11.4. The zero-order valence-electron chi connectivity index (χ0n) is 17.6. The Morgan fingerprint density at radius 3 is 2.33 bits per heavy atom. The van der Waals surface area contributed by atoms with Gasteiger partial charge in [0.25, 0.3) is 0 Å². The highest BCUT2D eigenvalue weighted by atomic mass is 16.5. The molecule has 1 aromatic rings. The Bertz CT molecular complexity index is 635. The average Bonchev–Trinajstić information content (AvgIpc) is 3.05. The number of benzene rings is 1. The zero-order valence-corrected chi connectivity index (χ0v) is 17.6. The summed E-state index contributed by atoms with van der Waals surface area (Å²) in [4.78, 5) is 0. The highest BCUT2D eigenvalue weighted by molar-refractivity contribution is 5.19. The van der Waals surface area contributed by atoms with E-state index in [1.807, 2.05) is 0 Å². The molecule has 0 N–H and O–H groups in total. The van der Waals surface area contributed by atoms with Crippen molar-refractivity contribution >= 4 is 0 Å². The first-order chi connectivity index (χ1) is 13.1. The third-order valence-corrected chi connectivity index (χ3v) is 8.42. The maximum absolute atomic E-state index is 5.20. The van der Waals surface area contributed by atoms with Crippen molar-refractivity contribution in [2.75, 3.05) is 7.11 Å². The molecule has 148 valence electrons. The van der Waals surface area contributed by atoms with Crippen LogP contribution in [0.3, 0.4) is 0 Å². The molecule has 5 rings (SSSR count). The summed E-state index contributed by atoms with van der Waals surface area (Å²) in [6.07, 6.45) is 10.4. The predicted octanol–water partition coefficient (Wildman–Crippen LogP) is 7.06. The zero-order chi connectivity index (χ0) is 19.0. The Labute approximate surface area is 166 Å². The van der Waals surface area contributed by atoms with Gasteiger partial charge in [-0.15, -0.1) is 0 Å². The van der Waals surface area contributed by atoms with Crippen molar-refractivity contribution in [2.45, 2.75) is 64.7 Å². The first kappa shape index (κ1) is 19.1. The number of fused-ring (bicyclic) bond motifs is 7. The van der Waals surface area contributed by atoms with Gasteiger partial charge in [0.15, 0.2) is 0 Å². The molecule has 0 heterocycles. The summed E-state index contributed by atoms with van der Waals surface area (Å²) in [6.45, 7) is 8.35. The van der Waals surface area contributed by atoms with E-state index in [2.05, 4.69) is 50.8 Å². The molecule has 0 spiro atoms. The fourth-order valence-electron chi connectivity index (χ4n) is 6.86. The van der Waals surface area contributed by atoms with Gasteiger partial charge < -0.3 is 4.74 Å². The summed E-state index contributed by atoms with van der Waals surface area (Å²) >= 11 is 0. The minimum Gasteiger partial charge on any atom is -0.501 e. The number of rotatable bonds is 6. The normalized spacial score (nSPS) is 36.9. The van der Waals surface area contributed by atoms with E-state index in [-0.39, 0.29) is 0 Å². The van der Waals surface area contributed by atoms with Crippen LogP contribution in [0, 0.1) is 41.4 Å². The van der Waals surface area contributed by atoms with Gasteiger partial charge in [0.1, 0.15) is 0 Å². The second-order valence-electron chi connectivity index (χ2n) is 9.79. The van der Waals surface area contributed by atoms with Crippen molar-refractivity contribution in [3.63, 3.8) is 0 Å². The van der Waals surface area contributed by atoms with Crippen molar-refractivity contribution in [3.8, 4) is 0 Å². The van der Waals surface area contributed by atoms with E-state index < -0.39 is 0 Å². The third kappa shape index (κ3) is 3.84. The minimum absolute atomic E-state index is 0.412. The summed E-state index contributed by atoms with van der Waals surface area (Å²) in [5, 5.41) is 0. The monoisotopic (exact) mass is 366 g/mol. The third-order valence-electron chi connectivity index (χ3n) is 8.42. The molecule has 4 fully saturated rings. The summed E-state index contributed by atoms with van der Waals surface area (Å²) < 4.78 is 5.20. The molecule has 2 bridgehead atoms. The van der Waals surface area contributed by atoms with Crippen LogP contribution in [0.15, 0.2) is 42.7 Å². The Morgan fingerprint density at radius 2 is 1.70 bits per heavy atom. The SMILES string of the molecule is C1CC2CC1C1CC3CC3C21.C=C(OC)C(C)CC(CC)c1ccccc1. The van der Waals surface area contributed by atoms with Gasteiger partial charge in [-0.2, -0.15) is 0 Å². The van der Waals surface area contributed by atoms with Crippen LogP contribution in [-0.2, 0) is 4.74 Å². The summed E-state index contributed by atoms with van der Waals surface area (Å²) in [5.41, 5.74) is 1.42. The lowest BCUT2D eigenvalue weighted by Crippen LogP contribution is -2.19. The molecular formula is C26H38O. The van der Waals surface area contributed by atoms with Crippen LogP contribution in [0.2, 0.25) is 0 Å². The van der Waals surface area contributed by atoms with E-state index in [1.165, 1.54) is 41.1 Å². The molecule has 8 atom stereocenters. The summed E-state index contributed by atoms with van der Waals surface area (Å²) in [6, 6.07) is 10.7. The lowest BCUT2D eigenvalue weighted by molar-refractivity contribution is 0.225. The molecule has 0 aromatic heterocycles. The molecule has 1 aromatic carbocycles.